The SMILES string of the molecule is Cc1ccc(C(=O)NC2(C3C=CC=CC3)CC2)cc1-c1cnn2nc(-c3ccc(F)cc3)c(C(=O)N(C)C(=O)OC(C)(C)C)c2c1. The smallest absolute Gasteiger partial charge is 0.417 e. The third-order valence-corrected chi connectivity index (χ3v) is 8.46. The lowest BCUT2D eigenvalue weighted by Crippen LogP contribution is -2.42. The normalized spacial score (nSPS) is 16.7. The first-order valence-electron chi connectivity index (χ1n) is 15.3. The van der Waals surface area contributed by atoms with Crippen LogP contribution in [0, 0.1) is 18.7 Å². The molecule has 236 valence electrons. The minimum atomic E-state index is -0.825. The first-order valence-corrected chi connectivity index (χ1v) is 15.3. The van der Waals surface area contributed by atoms with Crippen LogP contribution in [-0.2, 0) is 4.74 Å². The minimum Gasteiger partial charge on any atom is -0.443 e. The van der Waals surface area contributed by atoms with Crippen LogP contribution in [0.25, 0.3) is 27.9 Å². The number of aryl methyl sites for hydroxylation is 1. The van der Waals surface area contributed by atoms with Gasteiger partial charge in [0.25, 0.3) is 11.8 Å². The number of nitrogens with one attached hydrogen (secondary N) is 1. The molecule has 0 saturated heterocycles. The Bertz CT molecular complexity index is 1920. The molecule has 1 fully saturated rings. The summed E-state index contributed by atoms with van der Waals surface area (Å²) in [5, 5.41) is 12.4. The summed E-state index contributed by atoms with van der Waals surface area (Å²) in [6.45, 7) is 7.07. The Hall–Kier alpha value is -5.12. The van der Waals surface area contributed by atoms with Crippen molar-refractivity contribution >= 4 is 23.4 Å². The predicted molar refractivity (Wildman–Crippen MR) is 173 cm³/mol. The fourth-order valence-electron chi connectivity index (χ4n) is 5.77. The van der Waals surface area contributed by atoms with Crippen LogP contribution in [-0.4, -0.2) is 55.8 Å². The molecule has 6 rings (SSSR count). The molecular weight excluding hydrogens is 585 g/mol. The molecule has 3 amide bonds. The van der Waals surface area contributed by atoms with E-state index in [0.717, 1.165) is 35.3 Å². The second-order valence-electron chi connectivity index (χ2n) is 13.0. The molecule has 1 saturated carbocycles. The van der Waals surface area contributed by atoms with E-state index >= 15 is 0 Å². The molecule has 0 bridgehead atoms. The van der Waals surface area contributed by atoms with Gasteiger partial charge in [0.15, 0.2) is 0 Å². The van der Waals surface area contributed by atoms with Gasteiger partial charge in [0.1, 0.15) is 22.6 Å². The average molecular weight is 622 g/mol. The van der Waals surface area contributed by atoms with Crippen molar-refractivity contribution in [3.63, 3.8) is 0 Å². The second kappa shape index (κ2) is 11.7. The Morgan fingerprint density at radius 3 is 2.43 bits per heavy atom. The van der Waals surface area contributed by atoms with E-state index in [4.69, 9.17) is 4.74 Å². The van der Waals surface area contributed by atoms with E-state index in [2.05, 4.69) is 27.7 Å². The van der Waals surface area contributed by atoms with Crippen molar-refractivity contribution in [3.8, 4) is 22.4 Å². The first-order chi connectivity index (χ1) is 21.8. The zero-order chi connectivity index (χ0) is 32.8. The van der Waals surface area contributed by atoms with Crippen LogP contribution >= 0.6 is 0 Å². The van der Waals surface area contributed by atoms with Crippen LogP contribution < -0.4 is 5.32 Å². The monoisotopic (exact) mass is 621 g/mol. The van der Waals surface area contributed by atoms with Crippen LogP contribution in [0.1, 0.15) is 66.3 Å². The molecule has 1 atom stereocenters. The number of aromatic nitrogens is 3. The highest BCUT2D eigenvalue weighted by molar-refractivity contribution is 6.11. The molecule has 46 heavy (non-hydrogen) atoms. The standard InChI is InChI=1S/C36H36FN5O4/c1-22-11-12-24(32(43)39-36(17-18-36)26-9-7-6-8-10-26)19-28(22)25-20-29-30(33(44)41(5)34(45)46-35(2,3)4)31(40-42(29)38-21-25)23-13-15-27(37)16-14-23/h6-9,11-16,19-21,26H,10,17-18H2,1-5H3,(H,39,43). The fraction of sp³-hybridized carbons (Fsp3) is 0.306. The minimum absolute atomic E-state index is 0.103. The van der Waals surface area contributed by atoms with E-state index in [1.165, 1.54) is 35.9 Å². The van der Waals surface area contributed by atoms with Crippen molar-refractivity contribution in [3.05, 3.63) is 102 Å². The first kappa shape index (κ1) is 30.9. The molecule has 4 aromatic rings. The maximum Gasteiger partial charge on any atom is 0.417 e. The number of hydrogen-bond acceptors (Lipinski definition) is 6. The van der Waals surface area contributed by atoms with E-state index in [1.807, 2.05) is 37.3 Å². The summed E-state index contributed by atoms with van der Waals surface area (Å²) in [7, 11) is 1.34. The number of hydrogen-bond donors (Lipinski definition) is 1. The summed E-state index contributed by atoms with van der Waals surface area (Å²) in [6.07, 6.45) is 11.9. The van der Waals surface area contributed by atoms with Gasteiger partial charge >= 0.3 is 6.09 Å². The van der Waals surface area contributed by atoms with Gasteiger partial charge in [-0.1, -0.05) is 30.4 Å². The highest BCUT2D eigenvalue weighted by Gasteiger charge is 2.49. The molecule has 2 aliphatic carbocycles. The Kier molecular flexibility index (Phi) is 7.83. The number of amides is 3. The molecule has 1 N–H and O–H groups in total. The third-order valence-electron chi connectivity index (χ3n) is 8.46. The molecule has 2 aromatic carbocycles. The molecular formula is C36H36FN5O4. The summed E-state index contributed by atoms with van der Waals surface area (Å²) in [4.78, 5) is 41.3. The lowest BCUT2D eigenvalue weighted by atomic mass is 9.90. The van der Waals surface area contributed by atoms with Gasteiger partial charge in [-0.2, -0.15) is 9.73 Å². The maximum absolute atomic E-state index is 13.9. The number of imide groups is 1. The highest BCUT2D eigenvalue weighted by atomic mass is 19.1. The third kappa shape index (κ3) is 6.07. The van der Waals surface area contributed by atoms with Crippen molar-refractivity contribution < 1.29 is 23.5 Å². The lowest BCUT2D eigenvalue weighted by molar-refractivity contribution is 0.0285. The number of allylic oxidation sites excluding steroid dienone is 3. The number of halogens is 1. The molecule has 2 aromatic heterocycles. The number of nitrogens with zero attached hydrogens (tertiary/aromatic N) is 4. The largest absolute Gasteiger partial charge is 0.443 e. The van der Waals surface area contributed by atoms with Crippen LogP contribution in [0.15, 0.2) is 79.0 Å². The molecule has 9 nitrogen and oxygen atoms in total. The highest BCUT2D eigenvalue weighted by Crippen LogP contribution is 2.45. The number of carbonyl (C=O) groups is 3. The van der Waals surface area contributed by atoms with Gasteiger partial charge in [0.05, 0.1) is 11.8 Å². The van der Waals surface area contributed by atoms with Crippen molar-refractivity contribution in [2.75, 3.05) is 7.05 Å². The van der Waals surface area contributed by atoms with Crippen molar-refractivity contribution in [1.82, 2.24) is 25.0 Å². The fourth-order valence-corrected chi connectivity index (χ4v) is 5.77. The van der Waals surface area contributed by atoms with Gasteiger partial charge in [0, 0.05) is 35.2 Å². The van der Waals surface area contributed by atoms with Gasteiger partial charge in [-0.25, -0.2) is 14.1 Å². The summed E-state index contributed by atoms with van der Waals surface area (Å²) in [6, 6.07) is 12.9. The quantitative estimate of drug-likeness (QED) is 0.251. The Morgan fingerprint density at radius 2 is 1.78 bits per heavy atom. The average Bonchev–Trinajstić information content (AvgIpc) is 3.71. The Balaban J connectivity index is 1.39. The molecule has 0 spiro atoms. The second-order valence-corrected chi connectivity index (χ2v) is 13.0. The lowest BCUT2D eigenvalue weighted by Gasteiger charge is -2.26. The zero-order valence-electron chi connectivity index (χ0n) is 26.5. The zero-order valence-corrected chi connectivity index (χ0v) is 26.5. The van der Waals surface area contributed by atoms with Crippen LogP contribution in [0.5, 0.6) is 0 Å². The van der Waals surface area contributed by atoms with Crippen molar-refractivity contribution in [2.24, 2.45) is 5.92 Å². The molecule has 0 aliphatic heterocycles. The van der Waals surface area contributed by atoms with Gasteiger partial charge in [0.2, 0.25) is 0 Å². The van der Waals surface area contributed by atoms with E-state index in [1.54, 1.807) is 33.0 Å². The number of carbonyl (C=O) groups excluding carboxylic acids is 3. The summed E-state index contributed by atoms with van der Waals surface area (Å²) >= 11 is 0. The predicted octanol–water partition coefficient (Wildman–Crippen LogP) is 6.91. The summed E-state index contributed by atoms with van der Waals surface area (Å²) < 4.78 is 20.6. The number of benzene rings is 2. The van der Waals surface area contributed by atoms with Gasteiger partial charge in [-0.3, -0.25) is 9.59 Å². The topological polar surface area (TPSA) is 106 Å². The van der Waals surface area contributed by atoms with E-state index in [-0.39, 0.29) is 28.6 Å². The molecule has 2 aliphatic rings. The Morgan fingerprint density at radius 1 is 1.04 bits per heavy atom. The number of ether oxygens (including phenoxy) is 1. The van der Waals surface area contributed by atoms with Crippen molar-refractivity contribution in [1.29, 1.82) is 0 Å². The van der Waals surface area contributed by atoms with Crippen LogP contribution in [0.4, 0.5) is 9.18 Å². The molecule has 0 radical (unpaired) electrons. The molecule has 2 heterocycles. The van der Waals surface area contributed by atoms with E-state index < -0.39 is 23.4 Å². The molecule has 1 unspecified atom stereocenters. The van der Waals surface area contributed by atoms with Crippen molar-refractivity contribution in [2.45, 2.75) is 58.1 Å². The van der Waals surface area contributed by atoms with Gasteiger partial charge < -0.3 is 10.1 Å². The summed E-state index contributed by atoms with van der Waals surface area (Å²) in [5.41, 5.74) is 2.93. The molecule has 10 heteroatoms. The summed E-state index contributed by atoms with van der Waals surface area (Å²) in [5.74, 6) is -0.974. The number of rotatable bonds is 6. The van der Waals surface area contributed by atoms with Gasteiger partial charge in [-0.15, -0.1) is 5.10 Å². The van der Waals surface area contributed by atoms with E-state index in [0.29, 0.717) is 22.2 Å². The maximum atomic E-state index is 13.9. The van der Waals surface area contributed by atoms with Gasteiger partial charge in [-0.05, 0) is 101 Å². The van der Waals surface area contributed by atoms with E-state index in [9.17, 15) is 18.8 Å². The van der Waals surface area contributed by atoms with Crippen LogP contribution in [0.2, 0.25) is 0 Å². The van der Waals surface area contributed by atoms with Crippen LogP contribution in [0.3, 0.4) is 0 Å². The number of fused-ring (bicyclic) bond motifs is 1. The Labute approximate surface area is 266 Å².